The molecule has 0 aromatic heterocycles. The van der Waals surface area contributed by atoms with E-state index in [0.717, 1.165) is 31.2 Å². The zero-order chi connectivity index (χ0) is 19.4. The number of aryl methyl sites for hydroxylation is 2. The number of carbonyl (C=O) groups excluding carboxylic acids is 2. The molecule has 0 saturated heterocycles. The maximum atomic E-state index is 12.7. The molecule has 0 heterocycles. The zero-order valence-corrected chi connectivity index (χ0v) is 15.5. The Kier molecular flexibility index (Phi) is 5.46. The average Bonchev–Trinajstić information content (AvgIpc) is 2.65. The predicted octanol–water partition coefficient (Wildman–Crippen LogP) is 1.58. The van der Waals surface area contributed by atoms with E-state index < -0.39 is 21.8 Å². The first-order chi connectivity index (χ1) is 12.8. The van der Waals surface area contributed by atoms with Crippen molar-refractivity contribution in [3.05, 3.63) is 59.2 Å². The van der Waals surface area contributed by atoms with Gasteiger partial charge in [-0.1, -0.05) is 12.1 Å². The first-order valence-corrected chi connectivity index (χ1v) is 10.1. The molecule has 8 heteroatoms. The number of anilines is 1. The lowest BCUT2D eigenvalue weighted by Gasteiger charge is -2.17. The lowest BCUT2D eigenvalue weighted by Crippen LogP contribution is -2.33. The lowest BCUT2D eigenvalue weighted by atomic mass is 9.92. The van der Waals surface area contributed by atoms with Gasteiger partial charge in [-0.05, 0) is 67.1 Å². The molecule has 0 saturated carbocycles. The van der Waals surface area contributed by atoms with Crippen LogP contribution in [0.2, 0.25) is 0 Å². The van der Waals surface area contributed by atoms with Crippen molar-refractivity contribution in [1.29, 1.82) is 0 Å². The van der Waals surface area contributed by atoms with E-state index in [1.165, 1.54) is 17.7 Å². The third kappa shape index (κ3) is 4.65. The Morgan fingerprint density at radius 1 is 1.00 bits per heavy atom. The quantitative estimate of drug-likeness (QED) is 0.697. The van der Waals surface area contributed by atoms with Gasteiger partial charge in [-0.15, -0.1) is 0 Å². The number of fused-ring (bicyclic) bond motifs is 1. The molecular weight excluding hydrogens is 366 g/mol. The van der Waals surface area contributed by atoms with Crippen LogP contribution in [0.1, 0.15) is 34.3 Å². The second-order valence-corrected chi connectivity index (χ2v) is 8.16. The van der Waals surface area contributed by atoms with Gasteiger partial charge in [0, 0.05) is 11.3 Å². The van der Waals surface area contributed by atoms with Crippen LogP contribution >= 0.6 is 0 Å². The van der Waals surface area contributed by atoms with E-state index in [0.29, 0.717) is 0 Å². The van der Waals surface area contributed by atoms with Gasteiger partial charge >= 0.3 is 0 Å². The molecule has 1 aliphatic rings. The SMILES string of the molecule is NC(=O)CNC(=O)c1cccc(NS(=O)(=O)c2ccc3c(c2)CCCC3)c1. The Morgan fingerprint density at radius 3 is 2.48 bits per heavy atom. The van der Waals surface area contributed by atoms with Crippen LogP contribution in [0.15, 0.2) is 47.4 Å². The fourth-order valence-corrected chi connectivity index (χ4v) is 4.18. The fraction of sp³-hybridized carbons (Fsp3) is 0.263. The number of nitrogens with two attached hydrogens (primary N) is 1. The maximum Gasteiger partial charge on any atom is 0.261 e. The van der Waals surface area contributed by atoms with Crippen molar-refractivity contribution in [2.45, 2.75) is 30.6 Å². The van der Waals surface area contributed by atoms with Gasteiger partial charge in [0.25, 0.3) is 15.9 Å². The van der Waals surface area contributed by atoms with Crippen molar-refractivity contribution in [2.75, 3.05) is 11.3 Å². The molecule has 2 amide bonds. The van der Waals surface area contributed by atoms with Gasteiger partial charge in [-0.2, -0.15) is 0 Å². The van der Waals surface area contributed by atoms with Gasteiger partial charge in [-0.25, -0.2) is 8.42 Å². The van der Waals surface area contributed by atoms with Gasteiger partial charge in [0.05, 0.1) is 11.4 Å². The molecule has 4 N–H and O–H groups in total. The molecule has 0 atom stereocenters. The van der Waals surface area contributed by atoms with Crippen LogP contribution in [-0.2, 0) is 27.7 Å². The van der Waals surface area contributed by atoms with Gasteiger partial charge in [0.15, 0.2) is 0 Å². The number of hydrogen-bond donors (Lipinski definition) is 3. The highest BCUT2D eigenvalue weighted by atomic mass is 32.2. The molecular formula is C19H21N3O4S. The number of nitrogens with one attached hydrogen (secondary N) is 2. The number of amides is 2. The van der Waals surface area contributed by atoms with Gasteiger partial charge < -0.3 is 11.1 Å². The van der Waals surface area contributed by atoms with Crippen molar-refractivity contribution < 1.29 is 18.0 Å². The van der Waals surface area contributed by atoms with Gasteiger partial charge in [0.1, 0.15) is 0 Å². The predicted molar refractivity (Wildman–Crippen MR) is 102 cm³/mol. The molecule has 0 fully saturated rings. The summed E-state index contributed by atoms with van der Waals surface area (Å²) < 4.78 is 27.9. The van der Waals surface area contributed by atoms with Crippen LogP contribution in [0.25, 0.3) is 0 Å². The van der Waals surface area contributed by atoms with E-state index in [1.807, 2.05) is 6.07 Å². The Morgan fingerprint density at radius 2 is 1.74 bits per heavy atom. The number of primary amides is 1. The summed E-state index contributed by atoms with van der Waals surface area (Å²) in [5.41, 5.74) is 7.76. The molecule has 0 unspecified atom stereocenters. The molecule has 2 aromatic rings. The third-order valence-corrected chi connectivity index (χ3v) is 5.81. The van der Waals surface area contributed by atoms with Crippen LogP contribution in [0.5, 0.6) is 0 Å². The molecule has 2 aromatic carbocycles. The van der Waals surface area contributed by atoms with Crippen LogP contribution < -0.4 is 15.8 Å². The Balaban J connectivity index is 1.79. The second kappa shape index (κ2) is 7.79. The normalized spacial score (nSPS) is 13.5. The number of hydrogen-bond acceptors (Lipinski definition) is 4. The minimum atomic E-state index is -3.77. The van der Waals surface area contributed by atoms with Crippen LogP contribution in [0.4, 0.5) is 5.69 Å². The van der Waals surface area contributed by atoms with E-state index >= 15 is 0 Å². The molecule has 0 radical (unpaired) electrons. The monoisotopic (exact) mass is 387 g/mol. The molecule has 27 heavy (non-hydrogen) atoms. The summed E-state index contributed by atoms with van der Waals surface area (Å²) in [5, 5.41) is 2.36. The van der Waals surface area contributed by atoms with Gasteiger partial charge in [0.2, 0.25) is 5.91 Å². The Labute approximate surface area is 158 Å². The summed E-state index contributed by atoms with van der Waals surface area (Å²) in [6, 6.07) is 11.2. The Hall–Kier alpha value is -2.87. The summed E-state index contributed by atoms with van der Waals surface area (Å²) in [6.07, 6.45) is 4.05. The fourth-order valence-electron chi connectivity index (χ4n) is 3.08. The minimum Gasteiger partial charge on any atom is -0.368 e. The van der Waals surface area contributed by atoms with E-state index in [4.69, 9.17) is 5.73 Å². The molecule has 142 valence electrons. The third-order valence-electron chi connectivity index (χ3n) is 4.43. The molecule has 0 aliphatic heterocycles. The summed E-state index contributed by atoms with van der Waals surface area (Å²) in [4.78, 5) is 23.0. The molecule has 0 spiro atoms. The number of rotatable bonds is 6. The van der Waals surface area contributed by atoms with Crippen molar-refractivity contribution >= 4 is 27.5 Å². The molecule has 1 aliphatic carbocycles. The van der Waals surface area contributed by atoms with Crippen LogP contribution in [0.3, 0.4) is 0 Å². The number of benzene rings is 2. The molecule has 7 nitrogen and oxygen atoms in total. The van der Waals surface area contributed by atoms with Crippen molar-refractivity contribution in [1.82, 2.24) is 5.32 Å². The second-order valence-electron chi connectivity index (χ2n) is 6.47. The summed E-state index contributed by atoms with van der Waals surface area (Å²) in [6.45, 7) is -0.288. The Bertz CT molecular complexity index is 986. The van der Waals surface area contributed by atoms with E-state index in [-0.39, 0.29) is 22.7 Å². The van der Waals surface area contributed by atoms with Crippen LogP contribution in [0, 0.1) is 0 Å². The molecule has 3 rings (SSSR count). The zero-order valence-electron chi connectivity index (χ0n) is 14.7. The standard InChI is InChI=1S/C19H21N3O4S/c20-18(23)12-21-19(24)15-6-3-7-16(10-15)22-27(25,26)17-9-8-13-4-1-2-5-14(13)11-17/h3,6-11,22H,1-2,4-5,12H2,(H2,20,23)(H,21,24). The average molecular weight is 387 g/mol. The highest BCUT2D eigenvalue weighted by molar-refractivity contribution is 7.92. The van der Waals surface area contributed by atoms with Crippen LogP contribution in [-0.4, -0.2) is 26.8 Å². The summed E-state index contributed by atoms with van der Waals surface area (Å²) in [5.74, 6) is -1.17. The number of sulfonamides is 1. The van der Waals surface area contributed by atoms with Crippen molar-refractivity contribution in [3.63, 3.8) is 0 Å². The first kappa shape index (κ1) is 18.9. The largest absolute Gasteiger partial charge is 0.368 e. The topological polar surface area (TPSA) is 118 Å². The summed E-state index contributed by atoms with van der Waals surface area (Å²) in [7, 11) is -3.77. The minimum absolute atomic E-state index is 0.201. The lowest BCUT2D eigenvalue weighted by molar-refractivity contribution is -0.117. The maximum absolute atomic E-state index is 12.7. The van der Waals surface area contributed by atoms with Crippen molar-refractivity contribution in [2.24, 2.45) is 5.73 Å². The van der Waals surface area contributed by atoms with E-state index in [9.17, 15) is 18.0 Å². The molecule has 0 bridgehead atoms. The highest BCUT2D eigenvalue weighted by Crippen LogP contribution is 2.25. The van der Waals surface area contributed by atoms with E-state index in [1.54, 1.807) is 24.3 Å². The van der Waals surface area contributed by atoms with Crippen molar-refractivity contribution in [3.8, 4) is 0 Å². The van der Waals surface area contributed by atoms with E-state index in [2.05, 4.69) is 10.0 Å². The number of carbonyl (C=O) groups is 2. The summed E-state index contributed by atoms with van der Waals surface area (Å²) >= 11 is 0. The van der Waals surface area contributed by atoms with Gasteiger partial charge in [-0.3, -0.25) is 14.3 Å². The first-order valence-electron chi connectivity index (χ1n) is 8.66. The highest BCUT2D eigenvalue weighted by Gasteiger charge is 2.18. The smallest absolute Gasteiger partial charge is 0.261 e.